The second kappa shape index (κ2) is 5.24. The van der Waals surface area contributed by atoms with E-state index in [2.05, 4.69) is 0 Å². The molecule has 2 unspecified atom stereocenters. The average Bonchev–Trinajstić information content (AvgIpc) is 2.47. The minimum Gasteiger partial charge on any atom is -0.479 e. The molecule has 0 saturated carbocycles. The van der Waals surface area contributed by atoms with Crippen molar-refractivity contribution >= 4 is 5.97 Å². The van der Waals surface area contributed by atoms with Crippen LogP contribution in [-0.2, 0) is 10.4 Å². The number of carbonyl (C=O) groups is 1. The number of rotatable bonds is 4. The first-order valence-electron chi connectivity index (χ1n) is 6.13. The molecule has 2 N–H and O–H groups in total. The van der Waals surface area contributed by atoms with Crippen molar-refractivity contribution in [1.29, 1.82) is 0 Å². The lowest BCUT2D eigenvalue weighted by molar-refractivity contribution is -0.162. The minimum absolute atomic E-state index is 0.388. The van der Waals surface area contributed by atoms with Crippen molar-refractivity contribution in [3.05, 3.63) is 71.8 Å². The smallest absolute Gasteiger partial charge is 0.341 e. The van der Waals surface area contributed by atoms with Crippen LogP contribution >= 0.6 is 0 Å². The average molecular weight is 256 g/mol. The molecule has 0 radical (unpaired) electrons. The summed E-state index contributed by atoms with van der Waals surface area (Å²) in [6, 6.07) is 17.7. The van der Waals surface area contributed by atoms with Crippen LogP contribution in [-0.4, -0.2) is 16.2 Å². The molecule has 2 aromatic carbocycles. The van der Waals surface area contributed by atoms with Gasteiger partial charge in [0.15, 0.2) is 5.60 Å². The molecule has 0 saturated heterocycles. The highest BCUT2D eigenvalue weighted by Gasteiger charge is 2.44. The van der Waals surface area contributed by atoms with Crippen LogP contribution in [0.15, 0.2) is 60.7 Å². The number of carboxylic acid groups (broad SMARTS) is 1. The van der Waals surface area contributed by atoms with Gasteiger partial charge in [0, 0.05) is 5.92 Å². The van der Waals surface area contributed by atoms with Gasteiger partial charge in [-0.3, -0.25) is 0 Å². The van der Waals surface area contributed by atoms with Gasteiger partial charge in [0.05, 0.1) is 0 Å². The van der Waals surface area contributed by atoms with Crippen molar-refractivity contribution in [3.63, 3.8) is 0 Å². The molecule has 0 amide bonds. The predicted octanol–water partition coefficient (Wildman–Crippen LogP) is 2.76. The quantitative estimate of drug-likeness (QED) is 0.884. The van der Waals surface area contributed by atoms with Crippen molar-refractivity contribution in [2.24, 2.45) is 0 Å². The van der Waals surface area contributed by atoms with E-state index in [1.807, 2.05) is 30.3 Å². The molecule has 2 atom stereocenters. The van der Waals surface area contributed by atoms with Crippen LogP contribution in [0.2, 0.25) is 0 Å². The lowest BCUT2D eigenvalue weighted by Gasteiger charge is -2.30. The fourth-order valence-electron chi connectivity index (χ4n) is 2.23. The Balaban J connectivity index is 2.49. The Hall–Kier alpha value is -2.13. The van der Waals surface area contributed by atoms with Crippen molar-refractivity contribution in [1.82, 2.24) is 0 Å². The van der Waals surface area contributed by atoms with Crippen LogP contribution < -0.4 is 0 Å². The van der Waals surface area contributed by atoms with Crippen LogP contribution in [0.1, 0.15) is 24.0 Å². The van der Waals surface area contributed by atoms with E-state index in [4.69, 9.17) is 0 Å². The van der Waals surface area contributed by atoms with Crippen LogP contribution in [0.3, 0.4) is 0 Å². The molecule has 19 heavy (non-hydrogen) atoms. The van der Waals surface area contributed by atoms with Gasteiger partial charge in [-0.1, -0.05) is 67.6 Å². The third kappa shape index (κ3) is 2.37. The van der Waals surface area contributed by atoms with Crippen LogP contribution in [0.25, 0.3) is 0 Å². The topological polar surface area (TPSA) is 57.5 Å². The molecule has 2 rings (SSSR count). The Labute approximate surface area is 112 Å². The molecular formula is C16H16O3. The zero-order valence-corrected chi connectivity index (χ0v) is 10.7. The maximum absolute atomic E-state index is 11.6. The number of aliphatic hydroxyl groups is 1. The second-order valence-corrected chi connectivity index (χ2v) is 4.57. The van der Waals surface area contributed by atoms with E-state index in [1.165, 1.54) is 0 Å². The first kappa shape index (κ1) is 13.3. The Bertz CT molecular complexity index is 551. The second-order valence-electron chi connectivity index (χ2n) is 4.57. The van der Waals surface area contributed by atoms with E-state index >= 15 is 0 Å². The molecule has 0 aliphatic rings. The highest BCUT2D eigenvalue weighted by Crippen LogP contribution is 2.36. The Morgan fingerprint density at radius 2 is 1.47 bits per heavy atom. The van der Waals surface area contributed by atoms with E-state index in [-0.39, 0.29) is 0 Å². The Morgan fingerprint density at radius 3 is 1.95 bits per heavy atom. The number of hydrogen-bond donors (Lipinski definition) is 2. The predicted molar refractivity (Wildman–Crippen MR) is 72.8 cm³/mol. The number of benzene rings is 2. The van der Waals surface area contributed by atoms with Crippen LogP contribution in [0.4, 0.5) is 0 Å². The van der Waals surface area contributed by atoms with Gasteiger partial charge in [0.25, 0.3) is 0 Å². The van der Waals surface area contributed by atoms with Crippen molar-refractivity contribution in [3.8, 4) is 0 Å². The maximum Gasteiger partial charge on any atom is 0.341 e. The Kier molecular flexibility index (Phi) is 3.67. The van der Waals surface area contributed by atoms with Crippen molar-refractivity contribution in [2.45, 2.75) is 18.4 Å². The Morgan fingerprint density at radius 1 is 1.00 bits per heavy atom. The number of carboxylic acids is 1. The fourth-order valence-corrected chi connectivity index (χ4v) is 2.23. The third-order valence-electron chi connectivity index (χ3n) is 3.47. The highest BCUT2D eigenvalue weighted by molar-refractivity contribution is 5.80. The molecule has 0 spiro atoms. The third-order valence-corrected chi connectivity index (χ3v) is 3.47. The normalized spacial score (nSPS) is 15.5. The van der Waals surface area contributed by atoms with Crippen LogP contribution in [0.5, 0.6) is 0 Å². The van der Waals surface area contributed by atoms with Gasteiger partial charge in [-0.2, -0.15) is 0 Å². The maximum atomic E-state index is 11.6. The molecule has 0 aromatic heterocycles. The zero-order chi connectivity index (χ0) is 13.9. The number of hydrogen-bond acceptors (Lipinski definition) is 2. The monoisotopic (exact) mass is 256 g/mol. The highest BCUT2D eigenvalue weighted by atomic mass is 16.4. The molecule has 0 aliphatic heterocycles. The van der Waals surface area contributed by atoms with Gasteiger partial charge in [0.2, 0.25) is 0 Å². The van der Waals surface area contributed by atoms with E-state index in [0.29, 0.717) is 5.56 Å². The van der Waals surface area contributed by atoms with Gasteiger partial charge in [-0.05, 0) is 11.1 Å². The summed E-state index contributed by atoms with van der Waals surface area (Å²) in [5, 5.41) is 20.1. The molecule has 0 fully saturated rings. The standard InChI is InChI=1S/C16H16O3/c1-12(13-8-4-2-5-9-13)16(19,15(17)18)14-10-6-3-7-11-14/h2-12,19H,1H3,(H,17,18). The van der Waals surface area contributed by atoms with Gasteiger partial charge in [-0.25, -0.2) is 4.79 Å². The molecule has 2 aromatic rings. The summed E-state index contributed by atoms with van der Waals surface area (Å²) in [5.41, 5.74) is -0.752. The first-order valence-corrected chi connectivity index (χ1v) is 6.13. The van der Waals surface area contributed by atoms with E-state index in [9.17, 15) is 15.0 Å². The number of aliphatic carboxylic acids is 1. The van der Waals surface area contributed by atoms with Crippen molar-refractivity contribution < 1.29 is 15.0 Å². The summed E-state index contributed by atoms with van der Waals surface area (Å²) >= 11 is 0. The summed E-state index contributed by atoms with van der Waals surface area (Å²) in [6.45, 7) is 1.72. The molecule has 98 valence electrons. The lowest BCUT2D eigenvalue weighted by atomic mass is 9.78. The molecule has 0 heterocycles. The van der Waals surface area contributed by atoms with Gasteiger partial charge in [-0.15, -0.1) is 0 Å². The summed E-state index contributed by atoms with van der Waals surface area (Å²) in [5.74, 6) is -1.79. The fraction of sp³-hybridized carbons (Fsp3) is 0.188. The summed E-state index contributed by atoms with van der Waals surface area (Å²) in [7, 11) is 0. The molecule has 0 bridgehead atoms. The first-order chi connectivity index (χ1) is 9.06. The van der Waals surface area contributed by atoms with Gasteiger partial charge < -0.3 is 10.2 Å². The zero-order valence-electron chi connectivity index (χ0n) is 10.7. The molecule has 0 aliphatic carbocycles. The molecule has 3 nitrogen and oxygen atoms in total. The minimum atomic E-state index is -1.93. The molecular weight excluding hydrogens is 240 g/mol. The SMILES string of the molecule is CC(c1ccccc1)C(O)(C(=O)O)c1ccccc1. The van der Waals surface area contributed by atoms with E-state index in [0.717, 1.165) is 5.56 Å². The van der Waals surface area contributed by atoms with E-state index < -0.39 is 17.5 Å². The largest absolute Gasteiger partial charge is 0.479 e. The summed E-state index contributed by atoms with van der Waals surface area (Å²) in [6.07, 6.45) is 0. The lowest BCUT2D eigenvalue weighted by Crippen LogP contribution is -2.40. The van der Waals surface area contributed by atoms with Crippen molar-refractivity contribution in [2.75, 3.05) is 0 Å². The van der Waals surface area contributed by atoms with Gasteiger partial charge >= 0.3 is 5.97 Å². The molecule has 3 heteroatoms. The summed E-state index contributed by atoms with van der Waals surface area (Å²) < 4.78 is 0. The van der Waals surface area contributed by atoms with Crippen LogP contribution in [0, 0.1) is 0 Å². The summed E-state index contributed by atoms with van der Waals surface area (Å²) in [4.78, 5) is 11.6. The van der Waals surface area contributed by atoms with E-state index in [1.54, 1.807) is 37.3 Å². The van der Waals surface area contributed by atoms with Gasteiger partial charge in [0.1, 0.15) is 0 Å².